The van der Waals surface area contributed by atoms with Crippen LogP contribution in [-0.2, 0) is 16.5 Å². The van der Waals surface area contributed by atoms with Gasteiger partial charge >= 0.3 is 51.4 Å². The molecule has 3 aromatic carbocycles. The van der Waals surface area contributed by atoms with Gasteiger partial charge in [0.1, 0.15) is 10.1 Å². The number of allylic oxidation sites excluding steroid dienone is 1. The van der Waals surface area contributed by atoms with E-state index in [1.54, 1.807) is 6.07 Å². The second-order valence-electron chi connectivity index (χ2n) is 5.55. The first-order valence-electron chi connectivity index (χ1n) is 6.91. The molecule has 0 fully saturated rings. The van der Waals surface area contributed by atoms with E-state index in [0.717, 1.165) is 27.1 Å². The molecule has 0 aliphatic heterocycles. The molecule has 0 saturated heterocycles. The molecule has 0 heterocycles. The zero-order valence-electron chi connectivity index (χ0n) is 13.2. The van der Waals surface area contributed by atoms with Crippen molar-refractivity contribution in [3.05, 3.63) is 66.2 Å². The second kappa shape index (κ2) is 7.15. The molecule has 3 rings (SSSR count). The Kier molecular flexibility index (Phi) is 5.84. The van der Waals surface area contributed by atoms with Crippen molar-refractivity contribution in [1.82, 2.24) is 0 Å². The number of benzene rings is 3. The van der Waals surface area contributed by atoms with Gasteiger partial charge in [-0.05, 0) is 58.7 Å². The molecule has 0 unspecified atom stereocenters. The molecule has 0 radical (unpaired) electrons. The fraction of sp³-hybridized carbons (Fsp3) is 0.111. The summed E-state index contributed by atoms with van der Waals surface area (Å²) in [5, 5.41) is 3.80. The average Bonchev–Trinajstić information content (AvgIpc) is 2.44. The quantitative estimate of drug-likeness (QED) is 0.307. The molecule has 0 saturated carbocycles. The summed E-state index contributed by atoms with van der Waals surface area (Å²) in [6, 6.07) is 14.9. The van der Waals surface area contributed by atoms with Gasteiger partial charge in [0, 0.05) is 0 Å². The van der Waals surface area contributed by atoms with Crippen LogP contribution < -0.4 is 51.4 Å². The SMILES string of the molecule is C=C(C)Cc1c(S(=O)(=O)[O-])ccc2cc3ccccc3cc12.[K+]. The maximum Gasteiger partial charge on any atom is 1.00 e. The third-order valence-corrected chi connectivity index (χ3v) is 4.62. The topological polar surface area (TPSA) is 57.2 Å². The van der Waals surface area contributed by atoms with Gasteiger partial charge in [0.25, 0.3) is 0 Å². The summed E-state index contributed by atoms with van der Waals surface area (Å²) in [6.07, 6.45) is 0.368. The maximum absolute atomic E-state index is 11.6. The molecule has 0 amide bonds. The minimum Gasteiger partial charge on any atom is -0.744 e. The Labute approximate surface area is 178 Å². The molecule has 0 aliphatic rings. The Bertz CT molecular complexity index is 1010. The number of hydrogen-bond acceptors (Lipinski definition) is 3. The van der Waals surface area contributed by atoms with E-state index in [0.29, 0.717) is 12.0 Å². The summed E-state index contributed by atoms with van der Waals surface area (Å²) in [6.45, 7) is 5.67. The van der Waals surface area contributed by atoms with Crippen LogP contribution in [0.3, 0.4) is 0 Å². The molecule has 0 N–H and O–H groups in total. The van der Waals surface area contributed by atoms with E-state index in [4.69, 9.17) is 0 Å². The first-order chi connectivity index (χ1) is 10.4. The molecule has 0 atom stereocenters. The Morgan fingerprint density at radius 1 is 1.04 bits per heavy atom. The van der Waals surface area contributed by atoms with Crippen molar-refractivity contribution < 1.29 is 64.4 Å². The zero-order chi connectivity index (χ0) is 15.9. The standard InChI is InChI=1S/C18H16O3S.K/c1-12(2)9-17-16-11-14-6-4-3-5-13(14)10-15(16)7-8-18(17)22(19,20)21;/h3-8,10-11H,1,9H2,2H3,(H,19,20,21);/q;+1/p-1. The van der Waals surface area contributed by atoms with Crippen molar-refractivity contribution >= 4 is 31.7 Å². The van der Waals surface area contributed by atoms with Crippen molar-refractivity contribution in [2.75, 3.05) is 0 Å². The van der Waals surface area contributed by atoms with Crippen LogP contribution in [0.15, 0.2) is 65.6 Å². The first-order valence-corrected chi connectivity index (χ1v) is 8.32. The van der Waals surface area contributed by atoms with Gasteiger partial charge in [-0.25, -0.2) is 8.42 Å². The number of hydrogen-bond donors (Lipinski definition) is 0. The minimum atomic E-state index is -4.51. The van der Waals surface area contributed by atoms with Crippen molar-refractivity contribution in [2.45, 2.75) is 18.2 Å². The fourth-order valence-corrected chi connectivity index (χ4v) is 3.49. The summed E-state index contributed by atoms with van der Waals surface area (Å²) < 4.78 is 34.7. The van der Waals surface area contributed by atoms with Gasteiger partial charge in [0.05, 0.1) is 4.90 Å². The van der Waals surface area contributed by atoms with Gasteiger partial charge in [0.2, 0.25) is 0 Å². The molecular weight excluding hydrogens is 335 g/mol. The van der Waals surface area contributed by atoms with Gasteiger partial charge in [0.15, 0.2) is 0 Å². The molecule has 0 bridgehead atoms. The van der Waals surface area contributed by atoms with Crippen LogP contribution in [0.2, 0.25) is 0 Å². The Hall–Kier alpha value is -0.534. The van der Waals surface area contributed by atoms with Crippen LogP contribution in [0.1, 0.15) is 12.5 Å². The van der Waals surface area contributed by atoms with Crippen molar-refractivity contribution in [3.8, 4) is 0 Å². The molecule has 112 valence electrons. The molecule has 3 nitrogen and oxygen atoms in total. The average molecular weight is 350 g/mol. The largest absolute Gasteiger partial charge is 1.00 e. The predicted octanol–water partition coefficient (Wildman–Crippen LogP) is 1.02. The van der Waals surface area contributed by atoms with Gasteiger partial charge in [-0.3, -0.25) is 0 Å². The zero-order valence-corrected chi connectivity index (χ0v) is 17.1. The first kappa shape index (κ1) is 18.8. The predicted molar refractivity (Wildman–Crippen MR) is 87.9 cm³/mol. The molecular formula is C18H15KO3S. The van der Waals surface area contributed by atoms with Crippen LogP contribution in [0.4, 0.5) is 0 Å². The van der Waals surface area contributed by atoms with E-state index in [1.165, 1.54) is 6.07 Å². The van der Waals surface area contributed by atoms with Crippen LogP contribution in [-0.4, -0.2) is 13.0 Å². The smallest absolute Gasteiger partial charge is 0.744 e. The normalized spacial score (nSPS) is 11.4. The number of fused-ring (bicyclic) bond motifs is 2. The molecule has 5 heteroatoms. The van der Waals surface area contributed by atoms with Crippen LogP contribution in [0.5, 0.6) is 0 Å². The van der Waals surface area contributed by atoms with E-state index in [1.807, 2.05) is 43.3 Å². The summed E-state index contributed by atoms with van der Waals surface area (Å²) in [7, 11) is -4.51. The molecule has 0 aromatic heterocycles. The maximum atomic E-state index is 11.6. The molecule has 23 heavy (non-hydrogen) atoms. The molecule has 0 spiro atoms. The van der Waals surface area contributed by atoms with E-state index in [9.17, 15) is 13.0 Å². The second-order valence-corrected chi connectivity index (χ2v) is 6.90. The Morgan fingerprint density at radius 3 is 2.22 bits per heavy atom. The molecule has 3 aromatic rings. The van der Waals surface area contributed by atoms with Crippen molar-refractivity contribution in [3.63, 3.8) is 0 Å². The minimum absolute atomic E-state index is 0. The van der Waals surface area contributed by atoms with E-state index in [-0.39, 0.29) is 56.3 Å². The van der Waals surface area contributed by atoms with E-state index in [2.05, 4.69) is 6.58 Å². The van der Waals surface area contributed by atoms with Gasteiger partial charge in [-0.15, -0.1) is 0 Å². The van der Waals surface area contributed by atoms with Gasteiger partial charge < -0.3 is 4.55 Å². The van der Waals surface area contributed by atoms with Gasteiger partial charge in [-0.2, -0.15) is 0 Å². The van der Waals surface area contributed by atoms with E-state index >= 15 is 0 Å². The number of rotatable bonds is 3. The Balaban J connectivity index is 0.00000192. The third-order valence-electron chi connectivity index (χ3n) is 3.70. The summed E-state index contributed by atoms with van der Waals surface area (Å²) in [4.78, 5) is -0.154. The summed E-state index contributed by atoms with van der Waals surface area (Å²) >= 11 is 0. The van der Waals surface area contributed by atoms with Crippen molar-refractivity contribution in [2.24, 2.45) is 0 Å². The van der Waals surface area contributed by atoms with Crippen molar-refractivity contribution in [1.29, 1.82) is 0 Å². The van der Waals surface area contributed by atoms with Crippen LogP contribution in [0, 0.1) is 0 Å². The van der Waals surface area contributed by atoms with E-state index < -0.39 is 10.1 Å². The summed E-state index contributed by atoms with van der Waals surface area (Å²) in [5.41, 5.74) is 1.34. The summed E-state index contributed by atoms with van der Waals surface area (Å²) in [5.74, 6) is 0. The monoisotopic (exact) mass is 350 g/mol. The fourth-order valence-electron chi connectivity index (χ4n) is 2.77. The van der Waals surface area contributed by atoms with Crippen LogP contribution >= 0.6 is 0 Å². The third kappa shape index (κ3) is 3.94. The molecule has 0 aliphatic carbocycles. The van der Waals surface area contributed by atoms with Crippen LogP contribution in [0.25, 0.3) is 21.5 Å². The Morgan fingerprint density at radius 2 is 1.65 bits per heavy atom. The van der Waals surface area contributed by atoms with Gasteiger partial charge in [-0.1, -0.05) is 42.5 Å².